The van der Waals surface area contributed by atoms with Crippen LogP contribution in [0.15, 0.2) is 18.2 Å². The summed E-state index contributed by atoms with van der Waals surface area (Å²) in [6, 6.07) is 4.04. The predicted octanol–water partition coefficient (Wildman–Crippen LogP) is 2.98. The summed E-state index contributed by atoms with van der Waals surface area (Å²) in [5, 5.41) is 2.99. The number of hydrogen-bond acceptors (Lipinski definition) is 4. The van der Waals surface area contributed by atoms with Crippen molar-refractivity contribution in [2.45, 2.75) is 32.7 Å². The number of esters is 1. The minimum absolute atomic E-state index is 0.175. The Morgan fingerprint density at radius 1 is 1.42 bits per heavy atom. The van der Waals surface area contributed by atoms with E-state index >= 15 is 0 Å². The standard InChI is InChI=1S/C14H20FNO3/c1-4-6-12(14(17)19-5-2)16-10-7-8-13(18-3)11(15)9-10/h7-9,12,16H,4-6H2,1-3H3. The van der Waals surface area contributed by atoms with Crippen molar-refractivity contribution in [3.63, 3.8) is 0 Å². The van der Waals surface area contributed by atoms with Crippen molar-refractivity contribution >= 4 is 11.7 Å². The first-order valence-corrected chi connectivity index (χ1v) is 6.39. The van der Waals surface area contributed by atoms with Crippen LogP contribution in [0.25, 0.3) is 0 Å². The number of anilines is 1. The number of carbonyl (C=O) groups excluding carboxylic acids is 1. The molecule has 0 spiro atoms. The van der Waals surface area contributed by atoms with E-state index in [0.29, 0.717) is 18.7 Å². The Balaban J connectivity index is 2.78. The molecule has 0 aromatic heterocycles. The molecule has 19 heavy (non-hydrogen) atoms. The van der Waals surface area contributed by atoms with E-state index in [0.717, 1.165) is 6.42 Å². The summed E-state index contributed by atoms with van der Waals surface area (Å²) in [5.74, 6) is -0.610. The number of carbonyl (C=O) groups is 1. The van der Waals surface area contributed by atoms with Gasteiger partial charge in [-0.1, -0.05) is 13.3 Å². The van der Waals surface area contributed by atoms with Crippen molar-refractivity contribution in [1.29, 1.82) is 0 Å². The Bertz CT molecular complexity index is 423. The summed E-state index contributed by atoms with van der Waals surface area (Å²) < 4.78 is 23.4. The molecule has 1 atom stereocenters. The van der Waals surface area contributed by atoms with E-state index in [1.165, 1.54) is 19.2 Å². The molecule has 0 aliphatic carbocycles. The van der Waals surface area contributed by atoms with E-state index in [9.17, 15) is 9.18 Å². The Hall–Kier alpha value is -1.78. The first-order chi connectivity index (χ1) is 9.12. The monoisotopic (exact) mass is 269 g/mol. The highest BCUT2D eigenvalue weighted by Crippen LogP contribution is 2.21. The van der Waals surface area contributed by atoms with Gasteiger partial charge in [0.15, 0.2) is 11.6 Å². The van der Waals surface area contributed by atoms with Crippen molar-refractivity contribution in [3.05, 3.63) is 24.0 Å². The van der Waals surface area contributed by atoms with Crippen LogP contribution in [-0.2, 0) is 9.53 Å². The zero-order valence-corrected chi connectivity index (χ0v) is 11.5. The van der Waals surface area contributed by atoms with Gasteiger partial charge in [0, 0.05) is 11.8 Å². The fourth-order valence-corrected chi connectivity index (χ4v) is 1.74. The molecule has 0 heterocycles. The molecule has 0 radical (unpaired) electrons. The quantitative estimate of drug-likeness (QED) is 0.773. The Labute approximate surface area is 112 Å². The molecule has 0 amide bonds. The summed E-state index contributed by atoms with van der Waals surface area (Å²) in [4.78, 5) is 11.7. The van der Waals surface area contributed by atoms with Gasteiger partial charge in [0.25, 0.3) is 0 Å². The number of hydrogen-bond donors (Lipinski definition) is 1. The van der Waals surface area contributed by atoms with Gasteiger partial charge in [-0.25, -0.2) is 9.18 Å². The maximum absolute atomic E-state index is 13.6. The fraction of sp³-hybridized carbons (Fsp3) is 0.500. The average molecular weight is 269 g/mol. The second-order valence-electron chi connectivity index (χ2n) is 4.09. The molecule has 1 rings (SSSR count). The molecule has 0 bridgehead atoms. The van der Waals surface area contributed by atoms with Crippen LogP contribution in [0.1, 0.15) is 26.7 Å². The summed E-state index contributed by atoms with van der Waals surface area (Å²) in [6.45, 7) is 4.06. The maximum atomic E-state index is 13.6. The van der Waals surface area contributed by atoms with E-state index in [2.05, 4.69) is 5.32 Å². The Morgan fingerprint density at radius 2 is 2.16 bits per heavy atom. The van der Waals surface area contributed by atoms with Gasteiger partial charge >= 0.3 is 5.97 Å². The predicted molar refractivity (Wildman–Crippen MR) is 71.9 cm³/mol. The highest BCUT2D eigenvalue weighted by atomic mass is 19.1. The smallest absolute Gasteiger partial charge is 0.328 e. The van der Waals surface area contributed by atoms with E-state index in [1.54, 1.807) is 13.0 Å². The number of halogens is 1. The minimum atomic E-state index is -0.466. The Kier molecular flexibility index (Phi) is 6.12. The molecular formula is C14H20FNO3. The van der Waals surface area contributed by atoms with E-state index in [-0.39, 0.29) is 11.7 Å². The third-order valence-electron chi connectivity index (χ3n) is 2.64. The number of nitrogens with one attached hydrogen (secondary N) is 1. The summed E-state index contributed by atoms with van der Waals surface area (Å²) in [6.07, 6.45) is 1.46. The molecule has 1 unspecified atom stereocenters. The van der Waals surface area contributed by atoms with Crippen molar-refractivity contribution < 1.29 is 18.7 Å². The molecule has 0 fully saturated rings. The van der Waals surface area contributed by atoms with Gasteiger partial charge in [0.05, 0.1) is 13.7 Å². The first-order valence-electron chi connectivity index (χ1n) is 6.39. The second-order valence-corrected chi connectivity index (χ2v) is 4.09. The van der Waals surface area contributed by atoms with E-state index < -0.39 is 11.9 Å². The first kappa shape index (κ1) is 15.3. The fourth-order valence-electron chi connectivity index (χ4n) is 1.74. The van der Waals surface area contributed by atoms with Gasteiger partial charge in [0.2, 0.25) is 0 Å². The second kappa shape index (κ2) is 7.61. The molecule has 1 aromatic rings. The third kappa shape index (κ3) is 4.43. The van der Waals surface area contributed by atoms with Gasteiger partial charge in [0.1, 0.15) is 6.04 Å². The van der Waals surface area contributed by atoms with E-state index in [1.807, 2.05) is 6.92 Å². The third-order valence-corrected chi connectivity index (χ3v) is 2.64. The van der Waals surface area contributed by atoms with Crippen molar-refractivity contribution in [1.82, 2.24) is 0 Å². The highest BCUT2D eigenvalue weighted by molar-refractivity contribution is 5.79. The largest absolute Gasteiger partial charge is 0.494 e. The minimum Gasteiger partial charge on any atom is -0.494 e. The van der Waals surface area contributed by atoms with Crippen molar-refractivity contribution in [3.8, 4) is 5.75 Å². The summed E-state index contributed by atoms with van der Waals surface area (Å²) in [7, 11) is 1.41. The molecule has 0 saturated carbocycles. The van der Waals surface area contributed by atoms with Crippen molar-refractivity contribution in [2.24, 2.45) is 0 Å². The van der Waals surface area contributed by atoms with Crippen LogP contribution < -0.4 is 10.1 Å². The van der Waals surface area contributed by atoms with Crippen LogP contribution in [0.4, 0.5) is 10.1 Å². The van der Waals surface area contributed by atoms with Crippen LogP contribution in [-0.4, -0.2) is 25.7 Å². The van der Waals surface area contributed by atoms with Crippen molar-refractivity contribution in [2.75, 3.05) is 19.0 Å². The van der Waals surface area contributed by atoms with Crippen LogP contribution in [0, 0.1) is 5.82 Å². The molecular weight excluding hydrogens is 249 g/mol. The average Bonchev–Trinajstić information content (AvgIpc) is 2.39. The summed E-state index contributed by atoms with van der Waals surface area (Å²) >= 11 is 0. The van der Waals surface area contributed by atoms with Crippen LogP contribution >= 0.6 is 0 Å². The number of benzene rings is 1. The molecule has 1 N–H and O–H groups in total. The Morgan fingerprint density at radius 3 is 2.68 bits per heavy atom. The van der Waals surface area contributed by atoms with Crippen LogP contribution in [0.2, 0.25) is 0 Å². The molecule has 106 valence electrons. The zero-order chi connectivity index (χ0) is 14.3. The molecule has 5 heteroatoms. The zero-order valence-electron chi connectivity index (χ0n) is 11.5. The topological polar surface area (TPSA) is 47.6 Å². The maximum Gasteiger partial charge on any atom is 0.328 e. The van der Waals surface area contributed by atoms with Gasteiger partial charge in [-0.15, -0.1) is 0 Å². The number of methoxy groups -OCH3 is 1. The SMILES string of the molecule is CCCC(Nc1ccc(OC)c(F)c1)C(=O)OCC. The lowest BCUT2D eigenvalue weighted by atomic mass is 10.1. The van der Waals surface area contributed by atoms with Crippen LogP contribution in [0.3, 0.4) is 0 Å². The summed E-state index contributed by atoms with van der Waals surface area (Å²) in [5.41, 5.74) is 0.532. The van der Waals surface area contributed by atoms with E-state index in [4.69, 9.17) is 9.47 Å². The molecule has 0 saturated heterocycles. The molecule has 4 nitrogen and oxygen atoms in total. The normalized spacial score (nSPS) is 11.8. The highest BCUT2D eigenvalue weighted by Gasteiger charge is 2.19. The lowest BCUT2D eigenvalue weighted by Crippen LogP contribution is -2.31. The number of rotatable bonds is 7. The van der Waals surface area contributed by atoms with Gasteiger partial charge in [-0.2, -0.15) is 0 Å². The van der Waals surface area contributed by atoms with Gasteiger partial charge < -0.3 is 14.8 Å². The lowest BCUT2D eigenvalue weighted by molar-refractivity contribution is -0.144. The van der Waals surface area contributed by atoms with Gasteiger partial charge in [-0.05, 0) is 25.5 Å². The van der Waals surface area contributed by atoms with Crippen LogP contribution in [0.5, 0.6) is 5.75 Å². The number of ether oxygens (including phenoxy) is 2. The lowest BCUT2D eigenvalue weighted by Gasteiger charge is -2.18. The molecule has 0 aliphatic rings. The molecule has 0 aliphatic heterocycles. The van der Waals surface area contributed by atoms with Gasteiger partial charge in [-0.3, -0.25) is 0 Å². The molecule has 1 aromatic carbocycles.